The number of amides is 1. The minimum atomic E-state index is -0.643. The Morgan fingerprint density at radius 2 is 1.81 bits per heavy atom. The van der Waals surface area contributed by atoms with Crippen LogP contribution >= 0.6 is 0 Å². The van der Waals surface area contributed by atoms with Crippen LogP contribution in [0.4, 0.5) is 10.5 Å². The molecule has 2 atom stereocenters. The van der Waals surface area contributed by atoms with Crippen molar-refractivity contribution in [2.75, 3.05) is 7.11 Å². The van der Waals surface area contributed by atoms with Crippen molar-refractivity contribution in [3.05, 3.63) is 39.9 Å². The molecule has 1 amide bonds. The zero-order valence-electron chi connectivity index (χ0n) is 15.8. The summed E-state index contributed by atoms with van der Waals surface area (Å²) >= 11 is 0. The second-order valence-electron chi connectivity index (χ2n) is 7.13. The molecule has 2 unspecified atom stereocenters. The number of hydrogen-bond donors (Lipinski definition) is 1. The number of esters is 1. The van der Waals surface area contributed by atoms with Gasteiger partial charge in [-0.3, -0.25) is 14.9 Å². The maximum absolute atomic E-state index is 12.1. The van der Waals surface area contributed by atoms with Crippen LogP contribution in [0.5, 0.6) is 0 Å². The summed E-state index contributed by atoms with van der Waals surface area (Å²) in [5, 5.41) is 13.5. The van der Waals surface area contributed by atoms with Crippen LogP contribution in [0, 0.1) is 16.0 Å². The van der Waals surface area contributed by atoms with E-state index in [9.17, 15) is 19.7 Å². The van der Waals surface area contributed by atoms with Crippen molar-refractivity contribution >= 4 is 17.7 Å². The minimum Gasteiger partial charge on any atom is -0.469 e. The standard InChI is InChI=1S/C18H26N2O6/c1-12(16(21)25-5)10-14(19-17(22)26-18(2,3)4)11-13-6-8-15(9-7-13)20(23)24/h6-9,12,14H,10-11H2,1-5H3,(H,19,22). The van der Waals surface area contributed by atoms with Crippen molar-refractivity contribution in [3.8, 4) is 0 Å². The van der Waals surface area contributed by atoms with E-state index in [2.05, 4.69) is 5.32 Å². The Bertz CT molecular complexity index is 636. The van der Waals surface area contributed by atoms with Gasteiger partial charge in [-0.25, -0.2) is 4.79 Å². The quantitative estimate of drug-likeness (QED) is 0.451. The Hall–Kier alpha value is -2.64. The van der Waals surface area contributed by atoms with Gasteiger partial charge in [-0.2, -0.15) is 0 Å². The zero-order valence-corrected chi connectivity index (χ0v) is 15.8. The fourth-order valence-electron chi connectivity index (χ4n) is 2.43. The van der Waals surface area contributed by atoms with E-state index in [4.69, 9.17) is 9.47 Å². The number of nitrogens with one attached hydrogen (secondary N) is 1. The molecule has 0 saturated heterocycles. The first-order chi connectivity index (χ1) is 12.0. The molecule has 8 heteroatoms. The number of rotatable bonds is 7. The highest BCUT2D eigenvalue weighted by atomic mass is 16.6. The molecule has 0 aliphatic heterocycles. The Morgan fingerprint density at radius 1 is 1.23 bits per heavy atom. The molecular weight excluding hydrogens is 340 g/mol. The third kappa shape index (κ3) is 7.50. The second kappa shape index (κ2) is 9.17. The van der Waals surface area contributed by atoms with E-state index in [0.29, 0.717) is 12.8 Å². The van der Waals surface area contributed by atoms with Gasteiger partial charge < -0.3 is 14.8 Å². The Morgan fingerprint density at radius 3 is 2.27 bits per heavy atom. The van der Waals surface area contributed by atoms with Crippen LogP contribution in [-0.4, -0.2) is 35.7 Å². The molecule has 0 spiro atoms. The highest BCUT2D eigenvalue weighted by Gasteiger charge is 2.24. The smallest absolute Gasteiger partial charge is 0.407 e. The summed E-state index contributed by atoms with van der Waals surface area (Å²) in [7, 11) is 1.31. The Balaban J connectivity index is 2.86. The molecular formula is C18H26N2O6. The van der Waals surface area contributed by atoms with Crippen LogP contribution in [0.3, 0.4) is 0 Å². The normalized spacial score (nSPS) is 13.4. The number of hydrogen-bond acceptors (Lipinski definition) is 6. The van der Waals surface area contributed by atoms with Crippen molar-refractivity contribution in [2.24, 2.45) is 5.92 Å². The second-order valence-corrected chi connectivity index (χ2v) is 7.13. The molecule has 0 aliphatic rings. The number of alkyl carbamates (subject to hydrolysis) is 1. The molecule has 1 N–H and O–H groups in total. The minimum absolute atomic E-state index is 0.00618. The van der Waals surface area contributed by atoms with Gasteiger partial charge in [0.15, 0.2) is 0 Å². The Kier molecular flexibility index (Phi) is 7.55. The third-order valence-electron chi connectivity index (χ3n) is 3.59. The van der Waals surface area contributed by atoms with E-state index >= 15 is 0 Å². The van der Waals surface area contributed by atoms with Gasteiger partial charge in [-0.15, -0.1) is 0 Å². The van der Waals surface area contributed by atoms with Crippen molar-refractivity contribution in [2.45, 2.75) is 52.2 Å². The summed E-state index contributed by atoms with van der Waals surface area (Å²) in [4.78, 5) is 34.1. The highest BCUT2D eigenvalue weighted by molar-refractivity contribution is 5.72. The predicted molar refractivity (Wildman–Crippen MR) is 95.8 cm³/mol. The molecule has 0 aliphatic carbocycles. The number of carbonyl (C=O) groups excluding carboxylic acids is 2. The number of benzene rings is 1. The fourth-order valence-corrected chi connectivity index (χ4v) is 2.43. The predicted octanol–water partition coefficient (Wildman–Crippen LogP) is 3.23. The molecule has 1 aromatic carbocycles. The molecule has 1 aromatic rings. The lowest BCUT2D eigenvalue weighted by atomic mass is 9.96. The molecule has 0 bridgehead atoms. The van der Waals surface area contributed by atoms with Crippen LogP contribution in [0.2, 0.25) is 0 Å². The first-order valence-corrected chi connectivity index (χ1v) is 8.32. The Labute approximate surface area is 153 Å². The topological polar surface area (TPSA) is 108 Å². The monoisotopic (exact) mass is 366 g/mol. The number of nitro benzene ring substituents is 1. The molecule has 26 heavy (non-hydrogen) atoms. The van der Waals surface area contributed by atoms with Crippen LogP contribution in [0.25, 0.3) is 0 Å². The summed E-state index contributed by atoms with van der Waals surface area (Å²) in [6, 6.07) is 5.68. The number of nitrogens with zero attached hydrogens (tertiary/aromatic N) is 1. The van der Waals surface area contributed by atoms with Crippen LogP contribution in [0.1, 0.15) is 39.7 Å². The maximum Gasteiger partial charge on any atom is 0.407 e. The molecule has 0 fully saturated rings. The first kappa shape index (κ1) is 21.4. The molecule has 0 heterocycles. The summed E-state index contributed by atoms with van der Waals surface area (Å²) in [5.41, 5.74) is 0.151. The van der Waals surface area contributed by atoms with Crippen molar-refractivity contribution < 1.29 is 24.0 Å². The maximum atomic E-state index is 12.1. The lowest BCUT2D eigenvalue weighted by molar-refractivity contribution is -0.384. The van der Waals surface area contributed by atoms with E-state index in [1.165, 1.54) is 19.2 Å². The zero-order chi connectivity index (χ0) is 19.9. The lowest BCUT2D eigenvalue weighted by Gasteiger charge is -2.25. The third-order valence-corrected chi connectivity index (χ3v) is 3.59. The average Bonchev–Trinajstić information content (AvgIpc) is 2.52. The van der Waals surface area contributed by atoms with Crippen molar-refractivity contribution in [1.29, 1.82) is 0 Å². The van der Waals surface area contributed by atoms with Gasteiger partial charge >= 0.3 is 12.1 Å². The lowest BCUT2D eigenvalue weighted by Crippen LogP contribution is -2.41. The van der Waals surface area contributed by atoms with Gasteiger partial charge in [-0.1, -0.05) is 19.1 Å². The molecule has 0 saturated carbocycles. The largest absolute Gasteiger partial charge is 0.469 e. The van der Waals surface area contributed by atoms with Gasteiger partial charge in [0, 0.05) is 18.2 Å². The summed E-state index contributed by atoms with van der Waals surface area (Å²) < 4.78 is 10.0. The van der Waals surface area contributed by atoms with Crippen molar-refractivity contribution in [3.63, 3.8) is 0 Å². The highest BCUT2D eigenvalue weighted by Crippen LogP contribution is 2.17. The van der Waals surface area contributed by atoms with Crippen LogP contribution in [0.15, 0.2) is 24.3 Å². The van der Waals surface area contributed by atoms with Gasteiger partial charge in [0.1, 0.15) is 5.60 Å². The van der Waals surface area contributed by atoms with Crippen molar-refractivity contribution in [1.82, 2.24) is 5.32 Å². The molecule has 8 nitrogen and oxygen atoms in total. The molecule has 1 rings (SSSR count). The number of ether oxygens (including phenoxy) is 2. The SMILES string of the molecule is COC(=O)C(C)CC(Cc1ccc([N+](=O)[O-])cc1)NC(=O)OC(C)(C)C. The number of nitro groups is 1. The van der Waals surface area contributed by atoms with E-state index < -0.39 is 22.5 Å². The molecule has 0 aromatic heterocycles. The van der Waals surface area contributed by atoms with Gasteiger partial charge in [0.2, 0.25) is 0 Å². The van der Waals surface area contributed by atoms with E-state index in [-0.39, 0.29) is 17.7 Å². The van der Waals surface area contributed by atoms with Gasteiger partial charge in [0.05, 0.1) is 18.0 Å². The summed E-state index contributed by atoms with van der Waals surface area (Å²) in [6.45, 7) is 6.99. The first-order valence-electron chi connectivity index (χ1n) is 8.32. The van der Waals surface area contributed by atoms with Gasteiger partial charge in [-0.05, 0) is 39.2 Å². The van der Waals surface area contributed by atoms with E-state index in [0.717, 1.165) is 5.56 Å². The van der Waals surface area contributed by atoms with E-state index in [1.54, 1.807) is 39.8 Å². The molecule has 144 valence electrons. The number of carbonyl (C=O) groups is 2. The number of methoxy groups -OCH3 is 1. The summed E-state index contributed by atoms with van der Waals surface area (Å²) in [6.07, 6.45) is 0.169. The number of non-ortho nitro benzene ring substituents is 1. The average molecular weight is 366 g/mol. The molecule has 0 radical (unpaired) electrons. The van der Waals surface area contributed by atoms with Crippen LogP contribution < -0.4 is 5.32 Å². The fraction of sp³-hybridized carbons (Fsp3) is 0.556. The summed E-state index contributed by atoms with van der Waals surface area (Å²) in [5.74, 6) is -0.789. The van der Waals surface area contributed by atoms with Crippen LogP contribution in [-0.2, 0) is 20.7 Å². The van der Waals surface area contributed by atoms with E-state index in [1.807, 2.05) is 0 Å². The van der Waals surface area contributed by atoms with Gasteiger partial charge in [0.25, 0.3) is 5.69 Å².